The fraction of sp³-hybridized carbons (Fsp3) is 0.278. The third kappa shape index (κ3) is 3.87. The van der Waals surface area contributed by atoms with Crippen LogP contribution >= 0.6 is 11.8 Å². The van der Waals surface area contributed by atoms with Gasteiger partial charge in [0, 0.05) is 10.6 Å². The van der Waals surface area contributed by atoms with Crippen molar-refractivity contribution in [1.82, 2.24) is 5.32 Å². The molecule has 0 fully saturated rings. The molecular weight excluding hydrogens is 276 g/mol. The summed E-state index contributed by atoms with van der Waals surface area (Å²) < 4.78 is 0. The molecule has 1 N–H and O–H groups in total. The van der Waals surface area contributed by atoms with E-state index in [-0.39, 0.29) is 0 Å². The Labute approximate surface area is 131 Å². The van der Waals surface area contributed by atoms with Crippen LogP contribution in [0, 0.1) is 18.3 Å². The van der Waals surface area contributed by atoms with Crippen molar-refractivity contribution < 1.29 is 0 Å². The maximum atomic E-state index is 9.65. The molecule has 2 aromatic rings. The Hall–Kier alpha value is -1.76. The highest BCUT2D eigenvalue weighted by molar-refractivity contribution is 7.99. The third-order valence-corrected chi connectivity index (χ3v) is 4.62. The van der Waals surface area contributed by atoms with Crippen LogP contribution in [0.4, 0.5) is 0 Å². The topological polar surface area (TPSA) is 35.8 Å². The monoisotopic (exact) mass is 296 g/mol. The molecule has 0 heterocycles. The van der Waals surface area contributed by atoms with E-state index in [0.29, 0.717) is 0 Å². The average Bonchev–Trinajstić information content (AvgIpc) is 2.53. The molecule has 0 bridgehead atoms. The van der Waals surface area contributed by atoms with E-state index in [4.69, 9.17) is 0 Å². The molecule has 0 aliphatic carbocycles. The molecule has 108 valence electrons. The molecule has 2 aromatic carbocycles. The molecule has 1 atom stereocenters. The molecule has 0 saturated carbocycles. The zero-order chi connectivity index (χ0) is 15.1. The predicted octanol–water partition coefficient (Wildman–Crippen LogP) is 4.12. The summed E-state index contributed by atoms with van der Waals surface area (Å²) in [5.41, 5.74) is 1.68. The van der Waals surface area contributed by atoms with E-state index in [2.05, 4.69) is 42.6 Å². The van der Waals surface area contributed by atoms with E-state index in [9.17, 15) is 5.26 Å². The molecular formula is C18H20N2S. The Kier molecular flexibility index (Phi) is 5.44. The quantitative estimate of drug-likeness (QED) is 0.815. The Bertz CT molecular complexity index is 619. The molecule has 3 heteroatoms. The summed E-state index contributed by atoms with van der Waals surface area (Å²) in [7, 11) is 1.85. The van der Waals surface area contributed by atoms with Crippen molar-refractivity contribution in [1.29, 1.82) is 5.26 Å². The van der Waals surface area contributed by atoms with Gasteiger partial charge in [0.1, 0.15) is 5.54 Å². The van der Waals surface area contributed by atoms with Crippen LogP contribution in [-0.2, 0) is 5.54 Å². The Morgan fingerprint density at radius 2 is 1.90 bits per heavy atom. The second-order valence-electron chi connectivity index (χ2n) is 5.05. The van der Waals surface area contributed by atoms with Crippen LogP contribution in [0.1, 0.15) is 17.5 Å². The summed E-state index contributed by atoms with van der Waals surface area (Å²) in [5.74, 6) is 0.896. The number of nitriles is 1. The molecule has 0 saturated heterocycles. The number of thioether (sulfide) groups is 1. The minimum Gasteiger partial charge on any atom is -0.299 e. The van der Waals surface area contributed by atoms with Gasteiger partial charge in [0.15, 0.2) is 0 Å². The molecule has 0 aliphatic heterocycles. The van der Waals surface area contributed by atoms with E-state index < -0.39 is 5.54 Å². The maximum absolute atomic E-state index is 9.65. The smallest absolute Gasteiger partial charge is 0.132 e. The van der Waals surface area contributed by atoms with Crippen LogP contribution in [0.5, 0.6) is 0 Å². The van der Waals surface area contributed by atoms with Crippen LogP contribution in [-0.4, -0.2) is 12.8 Å². The lowest BCUT2D eigenvalue weighted by atomic mass is 9.89. The normalized spacial score (nSPS) is 13.4. The summed E-state index contributed by atoms with van der Waals surface area (Å²) in [5, 5.41) is 12.9. The van der Waals surface area contributed by atoms with E-state index in [1.807, 2.05) is 37.4 Å². The van der Waals surface area contributed by atoms with Gasteiger partial charge in [0.2, 0.25) is 0 Å². The van der Waals surface area contributed by atoms with Gasteiger partial charge in [0.25, 0.3) is 0 Å². The zero-order valence-electron chi connectivity index (χ0n) is 12.5. The standard InChI is InChI=1S/C18H20N2S/c1-15-7-6-10-17(13-15)21-12-11-18(14-19,20-2)16-8-4-3-5-9-16/h3-10,13,20H,11-12H2,1-2H3. The Morgan fingerprint density at radius 3 is 2.52 bits per heavy atom. The first kappa shape index (κ1) is 15.6. The van der Waals surface area contributed by atoms with Crippen molar-refractivity contribution in [3.05, 3.63) is 65.7 Å². The first-order valence-corrected chi connectivity index (χ1v) is 8.04. The van der Waals surface area contributed by atoms with Gasteiger partial charge in [-0.2, -0.15) is 5.26 Å². The summed E-state index contributed by atoms with van der Waals surface area (Å²) in [6.45, 7) is 2.10. The van der Waals surface area contributed by atoms with Crippen molar-refractivity contribution >= 4 is 11.8 Å². The predicted molar refractivity (Wildman–Crippen MR) is 89.3 cm³/mol. The number of nitrogens with zero attached hydrogens (tertiary/aromatic N) is 1. The molecule has 2 nitrogen and oxygen atoms in total. The average molecular weight is 296 g/mol. The minimum absolute atomic E-state index is 0.613. The van der Waals surface area contributed by atoms with Crippen molar-refractivity contribution in [3.8, 4) is 6.07 Å². The van der Waals surface area contributed by atoms with Gasteiger partial charge in [-0.1, -0.05) is 48.0 Å². The van der Waals surface area contributed by atoms with Crippen molar-refractivity contribution in [3.63, 3.8) is 0 Å². The Balaban J connectivity index is 2.06. The number of hydrogen-bond donors (Lipinski definition) is 1. The first-order valence-electron chi connectivity index (χ1n) is 7.05. The highest BCUT2D eigenvalue weighted by Crippen LogP contribution is 2.28. The molecule has 1 unspecified atom stereocenters. The van der Waals surface area contributed by atoms with E-state index >= 15 is 0 Å². The lowest BCUT2D eigenvalue weighted by Crippen LogP contribution is -2.39. The minimum atomic E-state index is -0.613. The zero-order valence-corrected chi connectivity index (χ0v) is 13.3. The highest BCUT2D eigenvalue weighted by atomic mass is 32.2. The highest BCUT2D eigenvalue weighted by Gasteiger charge is 2.29. The summed E-state index contributed by atoms with van der Waals surface area (Å²) in [6, 6.07) is 20.9. The summed E-state index contributed by atoms with van der Waals surface area (Å²) in [4.78, 5) is 1.26. The molecule has 0 spiro atoms. The third-order valence-electron chi connectivity index (χ3n) is 3.62. The molecule has 0 aliphatic rings. The Morgan fingerprint density at radius 1 is 1.14 bits per heavy atom. The van der Waals surface area contributed by atoms with Gasteiger partial charge in [-0.25, -0.2) is 0 Å². The molecule has 2 rings (SSSR count). The first-order chi connectivity index (χ1) is 10.2. The van der Waals surface area contributed by atoms with Crippen molar-refractivity contribution in [2.24, 2.45) is 0 Å². The summed E-state index contributed by atoms with van der Waals surface area (Å²) in [6.07, 6.45) is 0.766. The van der Waals surface area contributed by atoms with Crippen LogP contribution < -0.4 is 5.32 Å². The van der Waals surface area contributed by atoms with Crippen LogP contribution in [0.3, 0.4) is 0 Å². The SMILES string of the molecule is CNC(C#N)(CCSc1cccc(C)c1)c1ccccc1. The summed E-state index contributed by atoms with van der Waals surface area (Å²) >= 11 is 1.80. The van der Waals surface area contributed by atoms with Crippen LogP contribution in [0.2, 0.25) is 0 Å². The van der Waals surface area contributed by atoms with Gasteiger partial charge in [-0.3, -0.25) is 5.32 Å². The van der Waals surface area contributed by atoms with E-state index in [0.717, 1.165) is 17.7 Å². The fourth-order valence-electron chi connectivity index (χ4n) is 2.34. The van der Waals surface area contributed by atoms with Crippen molar-refractivity contribution in [2.45, 2.75) is 23.8 Å². The number of rotatable bonds is 6. The molecule has 0 amide bonds. The fourth-order valence-corrected chi connectivity index (χ4v) is 3.43. The second kappa shape index (κ2) is 7.31. The van der Waals surface area contributed by atoms with E-state index in [1.54, 1.807) is 11.8 Å². The number of aryl methyl sites for hydroxylation is 1. The van der Waals surface area contributed by atoms with Gasteiger partial charge in [-0.15, -0.1) is 11.8 Å². The lowest BCUT2D eigenvalue weighted by Gasteiger charge is -2.26. The van der Waals surface area contributed by atoms with Crippen molar-refractivity contribution in [2.75, 3.05) is 12.8 Å². The second-order valence-corrected chi connectivity index (χ2v) is 6.22. The molecule has 0 radical (unpaired) electrons. The number of nitrogens with one attached hydrogen (secondary N) is 1. The molecule has 21 heavy (non-hydrogen) atoms. The number of hydrogen-bond acceptors (Lipinski definition) is 3. The largest absolute Gasteiger partial charge is 0.299 e. The van der Waals surface area contributed by atoms with Gasteiger partial charge in [0.05, 0.1) is 6.07 Å². The lowest BCUT2D eigenvalue weighted by molar-refractivity contribution is 0.457. The van der Waals surface area contributed by atoms with Crippen LogP contribution in [0.25, 0.3) is 0 Å². The molecule has 0 aromatic heterocycles. The van der Waals surface area contributed by atoms with E-state index in [1.165, 1.54) is 10.5 Å². The maximum Gasteiger partial charge on any atom is 0.132 e. The van der Waals surface area contributed by atoms with Gasteiger partial charge in [-0.05, 0) is 38.1 Å². The van der Waals surface area contributed by atoms with Crippen LogP contribution in [0.15, 0.2) is 59.5 Å². The van der Waals surface area contributed by atoms with Gasteiger partial charge >= 0.3 is 0 Å². The van der Waals surface area contributed by atoms with Gasteiger partial charge < -0.3 is 0 Å². The number of benzene rings is 2.